The second-order valence-electron chi connectivity index (χ2n) is 5.76. The lowest BCUT2D eigenvalue weighted by molar-refractivity contribution is -0.147. The summed E-state index contributed by atoms with van der Waals surface area (Å²) < 4.78 is 10.5. The fourth-order valence-electron chi connectivity index (χ4n) is 2.52. The highest BCUT2D eigenvalue weighted by molar-refractivity contribution is 5.77. The first kappa shape index (κ1) is 17.0. The van der Waals surface area contributed by atoms with Crippen molar-refractivity contribution in [2.24, 2.45) is 0 Å². The van der Waals surface area contributed by atoms with E-state index in [0.29, 0.717) is 13.0 Å². The Hall–Kier alpha value is -2.86. The van der Waals surface area contributed by atoms with E-state index in [-0.39, 0.29) is 19.2 Å². The average molecular weight is 340 g/mol. The number of hydrogen-bond acceptors (Lipinski definition) is 5. The molecule has 2 aromatic rings. The van der Waals surface area contributed by atoms with E-state index in [1.807, 2.05) is 60.7 Å². The fraction of sp³-hybridized carbons (Fsp3) is 0.263. The molecule has 0 radical (unpaired) electrons. The van der Waals surface area contributed by atoms with Gasteiger partial charge in [-0.1, -0.05) is 60.7 Å². The maximum Gasteiger partial charge on any atom is 0.424 e. The zero-order chi connectivity index (χ0) is 17.5. The van der Waals surface area contributed by atoms with E-state index >= 15 is 0 Å². The Morgan fingerprint density at radius 3 is 2.08 bits per heavy atom. The van der Waals surface area contributed by atoms with Gasteiger partial charge in [-0.15, -0.1) is 0 Å². The van der Waals surface area contributed by atoms with E-state index in [1.54, 1.807) is 0 Å². The standard InChI is InChI=1S/C19H20N2O4/c22-18(24-13-15-7-3-1-4-8-15)17-11-12-21(20-17)19(23)25-14-16-9-5-2-6-10-16/h1-10,17,20H,11-14H2. The number of benzene rings is 2. The van der Waals surface area contributed by atoms with Crippen LogP contribution in [0, 0.1) is 0 Å². The van der Waals surface area contributed by atoms with Crippen LogP contribution < -0.4 is 5.43 Å². The van der Waals surface area contributed by atoms with Crippen LogP contribution in [0.5, 0.6) is 0 Å². The third-order valence-corrected chi connectivity index (χ3v) is 3.89. The maximum atomic E-state index is 12.1. The predicted molar refractivity (Wildman–Crippen MR) is 91.1 cm³/mol. The second kappa shape index (κ2) is 8.30. The smallest absolute Gasteiger partial charge is 0.424 e. The second-order valence-corrected chi connectivity index (χ2v) is 5.76. The first-order valence-corrected chi connectivity index (χ1v) is 8.17. The summed E-state index contributed by atoms with van der Waals surface area (Å²) in [6.07, 6.45) is -0.00384. The Morgan fingerprint density at radius 2 is 1.48 bits per heavy atom. The molecule has 1 N–H and O–H groups in total. The molecule has 6 heteroatoms. The van der Waals surface area contributed by atoms with Gasteiger partial charge in [0, 0.05) is 6.54 Å². The van der Waals surface area contributed by atoms with Crippen LogP contribution in [-0.2, 0) is 27.5 Å². The van der Waals surface area contributed by atoms with Crippen molar-refractivity contribution in [1.82, 2.24) is 10.4 Å². The highest BCUT2D eigenvalue weighted by atomic mass is 16.6. The SMILES string of the molecule is O=C(OCc1ccccc1)C1CCN(C(=O)OCc2ccccc2)N1. The Morgan fingerprint density at radius 1 is 0.920 bits per heavy atom. The van der Waals surface area contributed by atoms with Gasteiger partial charge >= 0.3 is 12.1 Å². The number of ether oxygens (including phenoxy) is 2. The minimum absolute atomic E-state index is 0.195. The van der Waals surface area contributed by atoms with Crippen LogP contribution in [0.15, 0.2) is 60.7 Å². The molecule has 0 aromatic heterocycles. The number of nitrogens with one attached hydrogen (secondary N) is 1. The van der Waals surface area contributed by atoms with Crippen LogP contribution in [0.4, 0.5) is 4.79 Å². The number of hydrazine groups is 1. The van der Waals surface area contributed by atoms with Crippen molar-refractivity contribution in [3.8, 4) is 0 Å². The van der Waals surface area contributed by atoms with Gasteiger partial charge in [-0.25, -0.2) is 15.2 Å². The zero-order valence-electron chi connectivity index (χ0n) is 13.8. The first-order chi connectivity index (χ1) is 12.2. The van der Waals surface area contributed by atoms with E-state index < -0.39 is 12.1 Å². The predicted octanol–water partition coefficient (Wildman–Crippen LogP) is 2.65. The maximum absolute atomic E-state index is 12.1. The zero-order valence-corrected chi connectivity index (χ0v) is 13.8. The van der Waals surface area contributed by atoms with E-state index in [0.717, 1.165) is 11.1 Å². The summed E-state index contributed by atoms with van der Waals surface area (Å²) in [4.78, 5) is 24.2. The topological polar surface area (TPSA) is 67.9 Å². The van der Waals surface area contributed by atoms with Gasteiger partial charge in [0.05, 0.1) is 0 Å². The van der Waals surface area contributed by atoms with Gasteiger partial charge in [-0.2, -0.15) is 0 Å². The quantitative estimate of drug-likeness (QED) is 0.848. The third kappa shape index (κ3) is 4.81. The number of amides is 1. The number of rotatable bonds is 5. The lowest BCUT2D eigenvalue weighted by atomic mass is 10.2. The third-order valence-electron chi connectivity index (χ3n) is 3.89. The monoisotopic (exact) mass is 340 g/mol. The number of hydrogen-bond donors (Lipinski definition) is 1. The minimum atomic E-state index is -0.534. The molecule has 1 aliphatic heterocycles. The van der Waals surface area contributed by atoms with Crippen molar-refractivity contribution in [2.75, 3.05) is 6.54 Å². The highest BCUT2D eigenvalue weighted by Gasteiger charge is 2.32. The number of esters is 1. The highest BCUT2D eigenvalue weighted by Crippen LogP contribution is 2.11. The van der Waals surface area contributed by atoms with E-state index in [2.05, 4.69) is 5.43 Å². The summed E-state index contributed by atoms with van der Waals surface area (Å²) >= 11 is 0. The Bertz CT molecular complexity index is 644. The Balaban J connectivity index is 1.43. The average Bonchev–Trinajstić information content (AvgIpc) is 3.16. The fourth-order valence-corrected chi connectivity index (χ4v) is 2.52. The number of carbonyl (C=O) groups excluding carboxylic acids is 2. The minimum Gasteiger partial charge on any atom is -0.460 e. The van der Waals surface area contributed by atoms with Gasteiger partial charge in [0.1, 0.15) is 19.3 Å². The van der Waals surface area contributed by atoms with Crippen LogP contribution in [0.1, 0.15) is 17.5 Å². The molecular weight excluding hydrogens is 320 g/mol. The molecule has 1 atom stereocenters. The number of carbonyl (C=O) groups is 2. The lowest BCUT2D eigenvalue weighted by Gasteiger charge is -2.17. The van der Waals surface area contributed by atoms with E-state index in [9.17, 15) is 9.59 Å². The Labute approximate surface area is 146 Å². The number of nitrogens with zero attached hydrogens (tertiary/aromatic N) is 1. The van der Waals surface area contributed by atoms with E-state index in [4.69, 9.17) is 9.47 Å². The van der Waals surface area contributed by atoms with Gasteiger partial charge in [0.15, 0.2) is 0 Å². The molecule has 25 heavy (non-hydrogen) atoms. The van der Waals surface area contributed by atoms with E-state index in [1.165, 1.54) is 5.01 Å². The molecule has 0 saturated carbocycles. The summed E-state index contributed by atoms with van der Waals surface area (Å²) in [6, 6.07) is 18.4. The molecule has 3 rings (SSSR count). The summed E-state index contributed by atoms with van der Waals surface area (Å²) in [5.74, 6) is -0.373. The molecule has 0 bridgehead atoms. The van der Waals surface area contributed by atoms with Gasteiger partial charge < -0.3 is 9.47 Å². The molecule has 0 aliphatic carbocycles. The van der Waals surface area contributed by atoms with Crippen molar-refractivity contribution in [2.45, 2.75) is 25.7 Å². The van der Waals surface area contributed by atoms with Crippen molar-refractivity contribution >= 4 is 12.1 Å². The molecule has 1 amide bonds. The van der Waals surface area contributed by atoms with Crippen molar-refractivity contribution < 1.29 is 19.1 Å². The normalized spacial score (nSPS) is 16.5. The van der Waals surface area contributed by atoms with Crippen LogP contribution >= 0.6 is 0 Å². The van der Waals surface area contributed by atoms with Crippen LogP contribution in [0.2, 0.25) is 0 Å². The molecule has 1 unspecified atom stereocenters. The summed E-state index contributed by atoms with van der Waals surface area (Å²) in [6.45, 7) is 0.815. The van der Waals surface area contributed by atoms with Crippen molar-refractivity contribution in [3.05, 3.63) is 71.8 Å². The largest absolute Gasteiger partial charge is 0.460 e. The van der Waals surface area contributed by atoms with Crippen molar-refractivity contribution in [1.29, 1.82) is 0 Å². The van der Waals surface area contributed by atoms with Gasteiger partial charge in [-0.05, 0) is 17.5 Å². The summed E-state index contributed by atoms with van der Waals surface area (Å²) in [5.41, 5.74) is 4.68. The van der Waals surface area contributed by atoms with Crippen LogP contribution in [0.3, 0.4) is 0 Å². The molecule has 130 valence electrons. The molecular formula is C19H20N2O4. The first-order valence-electron chi connectivity index (χ1n) is 8.17. The molecule has 6 nitrogen and oxygen atoms in total. The van der Waals surface area contributed by atoms with Gasteiger partial charge in [-0.3, -0.25) is 4.79 Å². The molecule has 1 heterocycles. The van der Waals surface area contributed by atoms with Crippen molar-refractivity contribution in [3.63, 3.8) is 0 Å². The molecule has 0 spiro atoms. The summed E-state index contributed by atoms with van der Waals surface area (Å²) in [5, 5.41) is 1.32. The van der Waals surface area contributed by atoms with Crippen LogP contribution in [0.25, 0.3) is 0 Å². The summed E-state index contributed by atoms with van der Waals surface area (Å²) in [7, 11) is 0. The van der Waals surface area contributed by atoms with Gasteiger partial charge in [0.25, 0.3) is 0 Å². The van der Waals surface area contributed by atoms with Gasteiger partial charge in [0.2, 0.25) is 0 Å². The molecule has 2 aromatic carbocycles. The molecule has 1 saturated heterocycles. The molecule has 1 fully saturated rings. The van der Waals surface area contributed by atoms with Crippen LogP contribution in [-0.4, -0.2) is 29.7 Å². The Kier molecular flexibility index (Phi) is 5.64. The lowest BCUT2D eigenvalue weighted by Crippen LogP contribution is -2.43. The molecule has 1 aliphatic rings.